The summed E-state index contributed by atoms with van der Waals surface area (Å²) in [6, 6.07) is 7.23. The fourth-order valence-corrected chi connectivity index (χ4v) is 4.98. The molecule has 2 fully saturated rings. The lowest BCUT2D eigenvalue weighted by atomic mass is 9.85. The normalized spacial score (nSPS) is 26.2. The van der Waals surface area contributed by atoms with E-state index in [1.54, 1.807) is 12.1 Å². The van der Waals surface area contributed by atoms with Crippen LogP contribution in [-0.2, 0) is 16.0 Å². The predicted molar refractivity (Wildman–Crippen MR) is 130 cm³/mol. The first-order valence-electron chi connectivity index (χ1n) is 10.9. The molecule has 0 spiro atoms. The molecule has 3 N–H and O–H groups in total. The number of amides is 2. The Morgan fingerprint density at radius 3 is 2.52 bits per heavy atom. The zero-order valence-electron chi connectivity index (χ0n) is 17.8. The maximum atomic E-state index is 12.7. The lowest BCUT2D eigenvalue weighted by molar-refractivity contribution is -0.140. The van der Waals surface area contributed by atoms with Crippen LogP contribution in [0.1, 0.15) is 25.3 Å². The number of phenols is 1. The third kappa shape index (κ3) is 5.05. The number of fused-ring (bicyclic) bond motifs is 5. The van der Waals surface area contributed by atoms with E-state index in [1.165, 1.54) is 4.90 Å². The van der Waals surface area contributed by atoms with Crippen LogP contribution in [0.4, 0.5) is 0 Å². The van der Waals surface area contributed by atoms with Gasteiger partial charge in [0.05, 0.1) is 11.8 Å². The van der Waals surface area contributed by atoms with Gasteiger partial charge in [-0.2, -0.15) is 0 Å². The summed E-state index contributed by atoms with van der Waals surface area (Å²) in [5.74, 6) is 1.30. The highest BCUT2D eigenvalue weighted by molar-refractivity contribution is 14.0. The number of carbonyl (C=O) groups excluding carboxylic acids is 2. The number of aliphatic imine (C=N–C) groups is 1. The molecule has 0 aromatic heterocycles. The van der Waals surface area contributed by atoms with Gasteiger partial charge < -0.3 is 15.7 Å². The molecule has 1 aromatic rings. The van der Waals surface area contributed by atoms with Gasteiger partial charge in [-0.15, -0.1) is 24.0 Å². The summed E-state index contributed by atoms with van der Waals surface area (Å²) >= 11 is 0. The number of carbonyl (C=O) groups is 2. The Hall–Kier alpha value is -2.10. The second-order valence-corrected chi connectivity index (χ2v) is 8.29. The van der Waals surface area contributed by atoms with Crippen LogP contribution in [0.3, 0.4) is 0 Å². The summed E-state index contributed by atoms with van der Waals surface area (Å²) in [4.78, 5) is 31.5. The van der Waals surface area contributed by atoms with Crippen LogP contribution in [0.5, 0.6) is 5.75 Å². The highest BCUT2D eigenvalue weighted by Crippen LogP contribution is 2.52. The summed E-state index contributed by atoms with van der Waals surface area (Å²) in [5.41, 5.74) is 1.05. The molecular formula is C23H31IN4O3. The van der Waals surface area contributed by atoms with E-state index in [-0.39, 0.29) is 65.2 Å². The minimum absolute atomic E-state index is 0. The number of nitrogens with zero attached hydrogens (tertiary/aromatic N) is 2. The number of phenolic OH excluding ortho intramolecular Hbond substituents is 1. The van der Waals surface area contributed by atoms with Gasteiger partial charge in [-0.25, -0.2) is 0 Å². The molecule has 2 amide bonds. The lowest BCUT2D eigenvalue weighted by Crippen LogP contribution is -2.38. The monoisotopic (exact) mass is 538 g/mol. The molecule has 1 saturated heterocycles. The molecular weight excluding hydrogens is 507 g/mol. The first kappa shape index (κ1) is 23.6. The minimum Gasteiger partial charge on any atom is -0.508 e. The molecule has 4 unspecified atom stereocenters. The van der Waals surface area contributed by atoms with Crippen LogP contribution < -0.4 is 10.6 Å². The van der Waals surface area contributed by atoms with Crippen molar-refractivity contribution < 1.29 is 14.7 Å². The van der Waals surface area contributed by atoms with E-state index in [0.717, 1.165) is 30.9 Å². The quantitative estimate of drug-likeness (QED) is 0.118. The van der Waals surface area contributed by atoms with Crippen molar-refractivity contribution in [3.8, 4) is 5.75 Å². The van der Waals surface area contributed by atoms with Gasteiger partial charge in [0.15, 0.2) is 5.96 Å². The zero-order chi connectivity index (χ0) is 21.1. The molecule has 8 heteroatoms. The molecule has 7 nitrogen and oxygen atoms in total. The average Bonchev–Trinajstić information content (AvgIpc) is 3.40. The molecule has 1 aromatic carbocycles. The van der Waals surface area contributed by atoms with Gasteiger partial charge in [0, 0.05) is 26.2 Å². The Labute approximate surface area is 200 Å². The van der Waals surface area contributed by atoms with Crippen LogP contribution in [0, 0.1) is 23.7 Å². The Bertz CT molecular complexity index is 842. The minimum atomic E-state index is -0.118. The SMILES string of the molecule is CCNC(=NCCCN1C(=O)C2C3C=CC(C3)C2C1=O)NCCc1cccc(O)c1.I. The van der Waals surface area contributed by atoms with Crippen molar-refractivity contribution in [1.82, 2.24) is 15.5 Å². The lowest BCUT2D eigenvalue weighted by Gasteiger charge is -2.17. The molecule has 31 heavy (non-hydrogen) atoms. The zero-order valence-corrected chi connectivity index (χ0v) is 20.1. The highest BCUT2D eigenvalue weighted by atomic mass is 127. The number of likely N-dealkylation sites (tertiary alicyclic amines) is 1. The molecule has 4 rings (SSSR count). The summed E-state index contributed by atoms with van der Waals surface area (Å²) in [5, 5.41) is 16.0. The molecule has 2 bridgehead atoms. The summed E-state index contributed by atoms with van der Waals surface area (Å²) in [7, 11) is 0. The van der Waals surface area contributed by atoms with E-state index in [9.17, 15) is 14.7 Å². The van der Waals surface area contributed by atoms with Crippen molar-refractivity contribution in [3.05, 3.63) is 42.0 Å². The summed E-state index contributed by atoms with van der Waals surface area (Å²) in [6.45, 7) is 4.43. The van der Waals surface area contributed by atoms with Gasteiger partial charge in [-0.05, 0) is 55.7 Å². The summed E-state index contributed by atoms with van der Waals surface area (Å²) in [6.07, 6.45) is 6.63. The number of allylic oxidation sites excluding steroid dienone is 2. The van der Waals surface area contributed by atoms with Gasteiger partial charge in [-0.3, -0.25) is 19.5 Å². The van der Waals surface area contributed by atoms with Crippen molar-refractivity contribution in [2.75, 3.05) is 26.2 Å². The number of hydrogen-bond acceptors (Lipinski definition) is 4. The molecule has 1 aliphatic heterocycles. The number of nitrogens with one attached hydrogen (secondary N) is 2. The number of hydrogen-bond donors (Lipinski definition) is 3. The molecule has 168 valence electrons. The fourth-order valence-electron chi connectivity index (χ4n) is 4.98. The van der Waals surface area contributed by atoms with Gasteiger partial charge in [-0.1, -0.05) is 24.3 Å². The predicted octanol–water partition coefficient (Wildman–Crippen LogP) is 2.31. The fraction of sp³-hybridized carbons (Fsp3) is 0.522. The van der Waals surface area contributed by atoms with Crippen LogP contribution in [0.15, 0.2) is 41.4 Å². The van der Waals surface area contributed by atoms with Gasteiger partial charge in [0.2, 0.25) is 11.8 Å². The smallest absolute Gasteiger partial charge is 0.233 e. The van der Waals surface area contributed by atoms with Crippen molar-refractivity contribution in [1.29, 1.82) is 0 Å². The molecule has 1 heterocycles. The third-order valence-corrected chi connectivity index (χ3v) is 6.33. The third-order valence-electron chi connectivity index (χ3n) is 6.33. The van der Waals surface area contributed by atoms with E-state index < -0.39 is 0 Å². The number of benzene rings is 1. The topological polar surface area (TPSA) is 94.0 Å². The molecule has 0 radical (unpaired) electrons. The molecule has 1 saturated carbocycles. The van der Waals surface area contributed by atoms with Crippen LogP contribution in [0.25, 0.3) is 0 Å². The van der Waals surface area contributed by atoms with Crippen molar-refractivity contribution in [2.45, 2.75) is 26.2 Å². The first-order chi connectivity index (χ1) is 14.6. The van der Waals surface area contributed by atoms with E-state index in [0.29, 0.717) is 26.1 Å². The number of imide groups is 1. The van der Waals surface area contributed by atoms with Crippen molar-refractivity contribution in [2.24, 2.45) is 28.7 Å². The number of rotatable bonds is 8. The van der Waals surface area contributed by atoms with E-state index >= 15 is 0 Å². The van der Waals surface area contributed by atoms with Crippen LogP contribution in [-0.4, -0.2) is 54.0 Å². The summed E-state index contributed by atoms with van der Waals surface area (Å²) < 4.78 is 0. The molecule has 2 aliphatic carbocycles. The molecule has 3 aliphatic rings. The highest BCUT2D eigenvalue weighted by Gasteiger charge is 2.58. The number of guanidine groups is 1. The Balaban J connectivity index is 0.00000272. The van der Waals surface area contributed by atoms with Crippen molar-refractivity contribution in [3.63, 3.8) is 0 Å². The van der Waals surface area contributed by atoms with E-state index in [4.69, 9.17) is 0 Å². The first-order valence-corrected chi connectivity index (χ1v) is 10.9. The van der Waals surface area contributed by atoms with E-state index in [2.05, 4.69) is 27.8 Å². The Morgan fingerprint density at radius 1 is 1.16 bits per heavy atom. The Morgan fingerprint density at radius 2 is 1.87 bits per heavy atom. The van der Waals surface area contributed by atoms with Gasteiger partial charge >= 0.3 is 0 Å². The van der Waals surface area contributed by atoms with Gasteiger partial charge in [0.25, 0.3) is 0 Å². The van der Waals surface area contributed by atoms with Crippen LogP contribution in [0.2, 0.25) is 0 Å². The van der Waals surface area contributed by atoms with Gasteiger partial charge in [0.1, 0.15) is 5.75 Å². The second kappa shape index (κ2) is 10.5. The second-order valence-electron chi connectivity index (χ2n) is 8.29. The number of aromatic hydroxyl groups is 1. The largest absolute Gasteiger partial charge is 0.508 e. The Kier molecular flexibility index (Phi) is 7.96. The average molecular weight is 538 g/mol. The standard InChI is InChI=1S/C23H30N4O3.HI/c1-2-24-23(26-11-9-15-5-3-6-18(28)13-15)25-10-4-12-27-21(29)19-16-7-8-17(14-16)20(19)22(27)30;/h3,5-8,13,16-17,19-20,28H,2,4,9-12,14H2,1H3,(H2,24,25,26);1H. The number of halogens is 1. The van der Waals surface area contributed by atoms with E-state index in [1.807, 2.05) is 19.1 Å². The molecule has 4 atom stereocenters. The maximum Gasteiger partial charge on any atom is 0.233 e. The maximum absolute atomic E-state index is 12.7. The van der Waals surface area contributed by atoms with Crippen LogP contribution >= 0.6 is 24.0 Å². The van der Waals surface area contributed by atoms with Crippen molar-refractivity contribution >= 4 is 41.8 Å².